The topological polar surface area (TPSA) is 12.0 Å². The highest BCUT2D eigenvalue weighted by atomic mass is 35.5. The number of hydrogen-bond donors (Lipinski definition) is 1. The van der Waals surface area contributed by atoms with Crippen molar-refractivity contribution in [3.05, 3.63) is 59.1 Å². The van der Waals surface area contributed by atoms with Gasteiger partial charge in [0, 0.05) is 22.2 Å². The van der Waals surface area contributed by atoms with Crippen molar-refractivity contribution in [2.75, 3.05) is 11.6 Å². The molecule has 0 amide bonds. The molecule has 0 aromatic heterocycles. The molecular formula is C14H14ClNS. The Balaban J connectivity index is 2.02. The van der Waals surface area contributed by atoms with Crippen molar-refractivity contribution in [3.63, 3.8) is 0 Å². The molecule has 0 heterocycles. The number of halogens is 1. The lowest BCUT2D eigenvalue weighted by Crippen LogP contribution is -1.98. The fourth-order valence-electron chi connectivity index (χ4n) is 1.58. The Morgan fingerprint density at radius 2 is 1.94 bits per heavy atom. The molecule has 0 saturated carbocycles. The summed E-state index contributed by atoms with van der Waals surface area (Å²) in [6.07, 6.45) is 2.08. The maximum atomic E-state index is 5.94. The van der Waals surface area contributed by atoms with Gasteiger partial charge in [0.1, 0.15) is 0 Å². The summed E-state index contributed by atoms with van der Waals surface area (Å²) >= 11 is 7.69. The third kappa shape index (κ3) is 3.69. The Kier molecular flexibility index (Phi) is 4.35. The number of anilines is 1. The van der Waals surface area contributed by atoms with E-state index in [9.17, 15) is 0 Å². The van der Waals surface area contributed by atoms with E-state index in [1.165, 1.54) is 10.5 Å². The lowest BCUT2D eigenvalue weighted by Gasteiger charge is -2.08. The summed E-state index contributed by atoms with van der Waals surface area (Å²) in [5.41, 5.74) is 2.32. The molecule has 0 aliphatic rings. The van der Waals surface area contributed by atoms with Gasteiger partial charge >= 0.3 is 0 Å². The molecule has 2 aromatic carbocycles. The first kappa shape index (κ1) is 12.3. The zero-order valence-corrected chi connectivity index (χ0v) is 11.2. The lowest BCUT2D eigenvalue weighted by molar-refractivity contribution is 1.14. The largest absolute Gasteiger partial charge is 0.381 e. The SMILES string of the molecule is CSc1cccc(NCc2cccc(Cl)c2)c1. The summed E-state index contributed by atoms with van der Waals surface area (Å²) in [5, 5.41) is 4.17. The number of nitrogens with one attached hydrogen (secondary N) is 1. The third-order valence-corrected chi connectivity index (χ3v) is 3.42. The van der Waals surface area contributed by atoms with Gasteiger partial charge in [0.15, 0.2) is 0 Å². The molecule has 3 heteroatoms. The van der Waals surface area contributed by atoms with Gasteiger partial charge in [0.05, 0.1) is 0 Å². The summed E-state index contributed by atoms with van der Waals surface area (Å²) in [4.78, 5) is 1.26. The molecule has 0 aliphatic heterocycles. The van der Waals surface area contributed by atoms with E-state index in [0.717, 1.165) is 17.3 Å². The van der Waals surface area contributed by atoms with Crippen molar-refractivity contribution >= 4 is 29.1 Å². The number of rotatable bonds is 4. The number of benzene rings is 2. The van der Waals surface area contributed by atoms with Crippen LogP contribution in [0.1, 0.15) is 5.56 Å². The lowest BCUT2D eigenvalue weighted by atomic mass is 10.2. The van der Waals surface area contributed by atoms with Crippen molar-refractivity contribution in [1.29, 1.82) is 0 Å². The Morgan fingerprint density at radius 1 is 1.12 bits per heavy atom. The van der Waals surface area contributed by atoms with Crippen molar-refractivity contribution in [2.45, 2.75) is 11.4 Å². The summed E-state index contributed by atoms with van der Waals surface area (Å²) in [6.45, 7) is 0.790. The van der Waals surface area contributed by atoms with Crippen LogP contribution in [-0.4, -0.2) is 6.26 Å². The molecule has 1 N–H and O–H groups in total. The van der Waals surface area contributed by atoms with E-state index in [0.29, 0.717) is 0 Å². The van der Waals surface area contributed by atoms with Crippen molar-refractivity contribution < 1.29 is 0 Å². The Morgan fingerprint density at radius 3 is 2.71 bits per heavy atom. The van der Waals surface area contributed by atoms with Gasteiger partial charge in [0.2, 0.25) is 0 Å². The predicted molar refractivity (Wildman–Crippen MR) is 77.0 cm³/mol. The van der Waals surface area contributed by atoms with Crippen LogP contribution < -0.4 is 5.32 Å². The molecule has 0 fully saturated rings. The van der Waals surface area contributed by atoms with Gasteiger partial charge in [-0.25, -0.2) is 0 Å². The maximum absolute atomic E-state index is 5.94. The van der Waals surface area contributed by atoms with Crippen LogP contribution in [0.3, 0.4) is 0 Å². The van der Waals surface area contributed by atoms with E-state index in [2.05, 4.69) is 41.9 Å². The summed E-state index contributed by atoms with van der Waals surface area (Å²) in [6, 6.07) is 16.3. The van der Waals surface area contributed by atoms with Gasteiger partial charge in [-0.1, -0.05) is 29.8 Å². The van der Waals surface area contributed by atoms with Gasteiger partial charge in [-0.2, -0.15) is 0 Å². The highest BCUT2D eigenvalue weighted by molar-refractivity contribution is 7.98. The fraction of sp³-hybridized carbons (Fsp3) is 0.143. The maximum Gasteiger partial charge on any atom is 0.0409 e. The average molecular weight is 264 g/mol. The highest BCUT2D eigenvalue weighted by Gasteiger charge is 1.96. The molecule has 0 bridgehead atoms. The van der Waals surface area contributed by atoms with E-state index >= 15 is 0 Å². The predicted octanol–water partition coefficient (Wildman–Crippen LogP) is 4.67. The zero-order chi connectivity index (χ0) is 12.1. The summed E-state index contributed by atoms with van der Waals surface area (Å²) in [7, 11) is 0. The molecule has 0 saturated heterocycles. The van der Waals surface area contributed by atoms with E-state index in [4.69, 9.17) is 11.6 Å². The molecule has 88 valence electrons. The van der Waals surface area contributed by atoms with Crippen LogP contribution >= 0.6 is 23.4 Å². The zero-order valence-electron chi connectivity index (χ0n) is 9.61. The second kappa shape index (κ2) is 5.99. The quantitative estimate of drug-likeness (QED) is 0.805. The molecule has 0 radical (unpaired) electrons. The van der Waals surface area contributed by atoms with Crippen LogP contribution in [0.25, 0.3) is 0 Å². The highest BCUT2D eigenvalue weighted by Crippen LogP contribution is 2.19. The van der Waals surface area contributed by atoms with Crippen LogP contribution in [0.5, 0.6) is 0 Å². The van der Waals surface area contributed by atoms with Crippen LogP contribution in [-0.2, 0) is 6.54 Å². The first-order valence-electron chi connectivity index (χ1n) is 5.40. The average Bonchev–Trinajstić information content (AvgIpc) is 2.37. The minimum absolute atomic E-state index is 0.780. The number of hydrogen-bond acceptors (Lipinski definition) is 2. The third-order valence-electron chi connectivity index (χ3n) is 2.46. The molecule has 17 heavy (non-hydrogen) atoms. The van der Waals surface area contributed by atoms with Crippen LogP contribution in [0, 0.1) is 0 Å². The van der Waals surface area contributed by atoms with Gasteiger partial charge < -0.3 is 5.32 Å². The first-order chi connectivity index (χ1) is 8.28. The van der Waals surface area contributed by atoms with E-state index in [-0.39, 0.29) is 0 Å². The van der Waals surface area contributed by atoms with Crippen LogP contribution in [0.15, 0.2) is 53.4 Å². The van der Waals surface area contributed by atoms with Gasteiger partial charge in [-0.3, -0.25) is 0 Å². The molecule has 0 spiro atoms. The molecule has 0 unspecified atom stereocenters. The minimum atomic E-state index is 0.780. The molecule has 1 nitrogen and oxygen atoms in total. The molecular weight excluding hydrogens is 250 g/mol. The molecule has 0 aliphatic carbocycles. The second-order valence-electron chi connectivity index (χ2n) is 3.72. The van der Waals surface area contributed by atoms with E-state index in [1.807, 2.05) is 18.2 Å². The van der Waals surface area contributed by atoms with Crippen LogP contribution in [0.2, 0.25) is 5.02 Å². The summed E-state index contributed by atoms with van der Waals surface area (Å²) < 4.78 is 0. The molecule has 2 aromatic rings. The van der Waals surface area contributed by atoms with Crippen molar-refractivity contribution in [1.82, 2.24) is 0 Å². The molecule has 0 atom stereocenters. The molecule has 2 rings (SSSR count). The Labute approximate surface area is 111 Å². The normalized spacial score (nSPS) is 10.2. The number of thioether (sulfide) groups is 1. The van der Waals surface area contributed by atoms with Crippen molar-refractivity contribution in [2.24, 2.45) is 0 Å². The minimum Gasteiger partial charge on any atom is -0.381 e. The van der Waals surface area contributed by atoms with E-state index < -0.39 is 0 Å². The van der Waals surface area contributed by atoms with E-state index in [1.54, 1.807) is 11.8 Å². The monoisotopic (exact) mass is 263 g/mol. The van der Waals surface area contributed by atoms with Crippen molar-refractivity contribution in [3.8, 4) is 0 Å². The van der Waals surface area contributed by atoms with Gasteiger partial charge in [-0.15, -0.1) is 11.8 Å². The Bertz CT molecular complexity index is 499. The first-order valence-corrected chi connectivity index (χ1v) is 7.00. The summed E-state index contributed by atoms with van der Waals surface area (Å²) in [5.74, 6) is 0. The smallest absolute Gasteiger partial charge is 0.0409 e. The standard InChI is InChI=1S/C14H14ClNS/c1-17-14-7-3-6-13(9-14)16-10-11-4-2-5-12(15)8-11/h2-9,16H,10H2,1H3. The van der Waals surface area contributed by atoms with Crippen LogP contribution in [0.4, 0.5) is 5.69 Å². The second-order valence-corrected chi connectivity index (χ2v) is 5.03. The van der Waals surface area contributed by atoms with Gasteiger partial charge in [0.25, 0.3) is 0 Å². The van der Waals surface area contributed by atoms with Gasteiger partial charge in [-0.05, 0) is 42.2 Å². The fourth-order valence-corrected chi connectivity index (χ4v) is 2.26. The Hall–Kier alpha value is -1.12.